The Hall–Kier alpha value is -2.59. The van der Waals surface area contributed by atoms with Crippen LogP contribution in [0.25, 0.3) is 11.0 Å². The Balaban J connectivity index is 0.00000201. The topological polar surface area (TPSA) is 42.7 Å². The minimum Gasteiger partial charge on any atom is -0.492 e. The first-order valence-corrected chi connectivity index (χ1v) is 14.5. The van der Waals surface area contributed by atoms with E-state index in [0.29, 0.717) is 17.7 Å². The van der Waals surface area contributed by atoms with Gasteiger partial charge in [0.25, 0.3) is 0 Å². The average Bonchev–Trinajstić information content (AvgIpc) is 3.32. The van der Waals surface area contributed by atoms with Gasteiger partial charge in [0.05, 0.1) is 5.56 Å². The predicted octanol–water partition coefficient (Wildman–Crippen LogP) is 9.42. The van der Waals surface area contributed by atoms with Gasteiger partial charge >= 0.3 is 0 Å². The van der Waals surface area contributed by atoms with E-state index in [-0.39, 0.29) is 5.78 Å². The Bertz CT molecular complexity index is 1010. The minimum atomic E-state index is 0.0249. The fraction of sp³-hybridized carbons (Fsp3) is 0.545. The van der Waals surface area contributed by atoms with Gasteiger partial charge in [0.2, 0.25) is 0 Å². The van der Waals surface area contributed by atoms with Gasteiger partial charge in [0.15, 0.2) is 5.78 Å². The molecule has 0 aliphatic rings. The molecule has 0 N–H and O–H groups in total. The Morgan fingerprint density at radius 2 is 1.46 bits per heavy atom. The highest BCUT2D eigenvalue weighted by molar-refractivity contribution is 6.17. The molecule has 0 aliphatic heterocycles. The Labute approximate surface area is 227 Å². The van der Waals surface area contributed by atoms with Crippen molar-refractivity contribution in [2.45, 2.75) is 95.4 Å². The molecule has 3 rings (SSSR count). The van der Waals surface area contributed by atoms with Crippen LogP contribution in [-0.4, -0.2) is 36.9 Å². The number of benzene rings is 2. The number of aryl methyl sites for hydroxylation is 3. The van der Waals surface area contributed by atoms with Crippen LogP contribution in [0.3, 0.4) is 0 Å². The Kier molecular flexibility index (Phi) is 18.1. The summed E-state index contributed by atoms with van der Waals surface area (Å²) >= 11 is 0. The molecule has 0 fully saturated rings. The number of furan rings is 1. The van der Waals surface area contributed by atoms with Crippen molar-refractivity contribution in [3.63, 3.8) is 0 Å². The number of rotatable bonds is 11. The maximum absolute atomic E-state index is 13.6. The molecule has 2 aromatic carbocycles. The zero-order valence-electron chi connectivity index (χ0n) is 25.6. The summed E-state index contributed by atoms with van der Waals surface area (Å²) in [7, 11) is 0. The fourth-order valence-corrected chi connectivity index (χ4v) is 4.13. The number of carbonyl (C=O) groups excluding carboxylic acids is 1. The summed E-state index contributed by atoms with van der Waals surface area (Å²) < 4.78 is 12.2. The number of likely N-dealkylation sites (N-methyl/N-ethyl adjacent to an activating group) is 1. The summed E-state index contributed by atoms with van der Waals surface area (Å²) in [6, 6.07) is 11.7. The van der Waals surface area contributed by atoms with Crippen molar-refractivity contribution in [2.75, 3.05) is 26.2 Å². The van der Waals surface area contributed by atoms with Gasteiger partial charge in [0, 0.05) is 23.9 Å². The maximum Gasteiger partial charge on any atom is 0.197 e. The largest absolute Gasteiger partial charge is 0.492 e. The standard InChI is InChI=1S/C27H35NO3.3C2H6/c1-6-9-13-24-25(22-12-10-11-14-23(22)31-24)26(29)21-17-19(4)27(20(5)18-21)30-16-15-28(7-2)8-3;3*1-2/h10-12,14,17-18H,6-9,13,15-16H2,1-5H3;3*1-2H3. The number of hydrogen-bond donors (Lipinski definition) is 0. The van der Waals surface area contributed by atoms with Crippen LogP contribution in [0.5, 0.6) is 5.75 Å². The molecule has 1 heterocycles. The molecule has 0 unspecified atom stereocenters. The summed E-state index contributed by atoms with van der Waals surface area (Å²) in [6.45, 7) is 26.1. The molecule has 4 heteroatoms. The van der Waals surface area contributed by atoms with Gasteiger partial charge in [-0.25, -0.2) is 0 Å². The van der Waals surface area contributed by atoms with Gasteiger partial charge < -0.3 is 14.1 Å². The smallest absolute Gasteiger partial charge is 0.197 e. The van der Waals surface area contributed by atoms with Crippen molar-refractivity contribution in [3.8, 4) is 5.75 Å². The van der Waals surface area contributed by atoms with Crippen molar-refractivity contribution in [3.05, 3.63) is 64.4 Å². The summed E-state index contributed by atoms with van der Waals surface area (Å²) in [5, 5.41) is 0.897. The van der Waals surface area contributed by atoms with Gasteiger partial charge in [-0.3, -0.25) is 4.79 Å². The minimum absolute atomic E-state index is 0.0249. The molecule has 0 aliphatic carbocycles. The van der Waals surface area contributed by atoms with Gasteiger partial charge in [-0.15, -0.1) is 0 Å². The molecule has 0 spiro atoms. The monoisotopic (exact) mass is 511 g/mol. The van der Waals surface area contributed by atoms with E-state index in [1.807, 2.05) is 91.8 Å². The number of hydrogen-bond acceptors (Lipinski definition) is 4. The van der Waals surface area contributed by atoms with Crippen LogP contribution in [-0.2, 0) is 6.42 Å². The van der Waals surface area contributed by atoms with Crippen LogP contribution in [0.15, 0.2) is 40.8 Å². The van der Waals surface area contributed by atoms with Crippen LogP contribution >= 0.6 is 0 Å². The van der Waals surface area contributed by atoms with Gasteiger partial charge in [-0.05, 0) is 62.7 Å². The zero-order valence-corrected chi connectivity index (χ0v) is 25.6. The molecule has 3 aromatic rings. The molecule has 0 radical (unpaired) electrons. The highest BCUT2D eigenvalue weighted by atomic mass is 16.5. The summed E-state index contributed by atoms with van der Waals surface area (Å²) in [5.41, 5.74) is 4.16. The lowest BCUT2D eigenvalue weighted by molar-refractivity contribution is 0.103. The van der Waals surface area contributed by atoms with E-state index < -0.39 is 0 Å². The molecular weight excluding hydrogens is 458 g/mol. The third-order valence-corrected chi connectivity index (χ3v) is 5.92. The van der Waals surface area contributed by atoms with Gasteiger partial charge in [-0.2, -0.15) is 0 Å². The first-order chi connectivity index (χ1) is 18.0. The Morgan fingerprint density at radius 3 is 2.00 bits per heavy atom. The van der Waals surface area contributed by atoms with E-state index in [1.165, 1.54) is 0 Å². The molecule has 0 amide bonds. The second-order valence-corrected chi connectivity index (χ2v) is 8.14. The average molecular weight is 512 g/mol. The zero-order chi connectivity index (χ0) is 28.4. The third kappa shape index (κ3) is 9.66. The first kappa shape index (κ1) is 34.4. The van der Waals surface area contributed by atoms with Gasteiger partial charge in [0.1, 0.15) is 23.7 Å². The number of ketones is 1. The maximum atomic E-state index is 13.6. The van der Waals surface area contributed by atoms with Crippen molar-refractivity contribution < 1.29 is 13.9 Å². The van der Waals surface area contributed by atoms with Crippen LogP contribution in [0, 0.1) is 13.8 Å². The molecule has 1 aromatic heterocycles. The predicted molar refractivity (Wildman–Crippen MR) is 162 cm³/mol. The first-order valence-electron chi connectivity index (χ1n) is 14.5. The van der Waals surface area contributed by atoms with Crippen LogP contribution in [0.4, 0.5) is 0 Å². The molecule has 0 saturated carbocycles. The number of nitrogens with zero attached hydrogens (tertiary/aromatic N) is 1. The van der Waals surface area contributed by atoms with E-state index in [2.05, 4.69) is 25.7 Å². The quantitative estimate of drug-likeness (QED) is 0.240. The second kappa shape index (κ2) is 19.5. The lowest BCUT2D eigenvalue weighted by Gasteiger charge is -2.19. The number of fused-ring (bicyclic) bond motifs is 1. The number of ether oxygens (including phenoxy) is 1. The highest BCUT2D eigenvalue weighted by Gasteiger charge is 2.23. The molecule has 0 atom stereocenters. The SMILES string of the molecule is CC.CC.CC.CCCCc1oc2ccccc2c1C(=O)c1cc(C)c(OCCN(CC)CC)c(C)c1. The van der Waals surface area contributed by atoms with E-state index >= 15 is 0 Å². The number of para-hydroxylation sites is 1. The third-order valence-electron chi connectivity index (χ3n) is 5.92. The second-order valence-electron chi connectivity index (χ2n) is 8.14. The van der Waals surface area contributed by atoms with Crippen LogP contribution in [0.1, 0.15) is 108 Å². The van der Waals surface area contributed by atoms with Crippen LogP contribution in [0.2, 0.25) is 0 Å². The lowest BCUT2D eigenvalue weighted by atomic mass is 9.95. The highest BCUT2D eigenvalue weighted by Crippen LogP contribution is 2.32. The molecule has 37 heavy (non-hydrogen) atoms. The van der Waals surface area contributed by atoms with E-state index in [1.54, 1.807) is 0 Å². The summed E-state index contributed by atoms with van der Waals surface area (Å²) in [6.07, 6.45) is 2.83. The molecule has 208 valence electrons. The number of carbonyl (C=O) groups is 1. The normalized spacial score (nSPS) is 10.1. The summed E-state index contributed by atoms with van der Waals surface area (Å²) in [5.74, 6) is 1.70. The number of unbranched alkanes of at least 4 members (excludes halogenated alkanes) is 1. The van der Waals surface area contributed by atoms with Gasteiger partial charge in [-0.1, -0.05) is 86.9 Å². The lowest BCUT2D eigenvalue weighted by Crippen LogP contribution is -2.28. The molecule has 0 bridgehead atoms. The molecule has 0 saturated heterocycles. The van der Waals surface area contributed by atoms with Crippen molar-refractivity contribution in [2.24, 2.45) is 0 Å². The summed E-state index contributed by atoms with van der Waals surface area (Å²) in [4.78, 5) is 15.9. The van der Waals surface area contributed by atoms with E-state index in [0.717, 1.165) is 72.5 Å². The molecular formula is C33H53NO3. The van der Waals surface area contributed by atoms with Crippen molar-refractivity contribution in [1.29, 1.82) is 0 Å². The van der Waals surface area contributed by atoms with E-state index in [9.17, 15) is 4.79 Å². The van der Waals surface area contributed by atoms with Crippen molar-refractivity contribution >= 4 is 16.8 Å². The van der Waals surface area contributed by atoms with Crippen LogP contribution < -0.4 is 4.74 Å². The Morgan fingerprint density at radius 1 is 0.892 bits per heavy atom. The van der Waals surface area contributed by atoms with Crippen molar-refractivity contribution in [1.82, 2.24) is 4.90 Å². The fourth-order valence-electron chi connectivity index (χ4n) is 4.13. The van der Waals surface area contributed by atoms with E-state index in [4.69, 9.17) is 9.15 Å². The molecule has 4 nitrogen and oxygen atoms in total.